The Kier molecular flexibility index (Phi) is 7.19. The molecule has 1 aliphatic heterocycles. The van der Waals surface area contributed by atoms with Crippen molar-refractivity contribution in [3.63, 3.8) is 0 Å². The van der Waals surface area contributed by atoms with Gasteiger partial charge in [0.15, 0.2) is 0 Å². The number of nitrogens with zero attached hydrogens (tertiary/aromatic N) is 2. The number of benzene rings is 2. The van der Waals surface area contributed by atoms with Crippen LogP contribution in [0.2, 0.25) is 0 Å². The van der Waals surface area contributed by atoms with Crippen molar-refractivity contribution in [1.29, 1.82) is 0 Å². The summed E-state index contributed by atoms with van der Waals surface area (Å²) in [4.78, 5) is 57.0. The van der Waals surface area contributed by atoms with Crippen LogP contribution in [0.3, 0.4) is 0 Å². The molecule has 0 radical (unpaired) electrons. The molecule has 2 heterocycles. The van der Waals surface area contributed by atoms with Crippen molar-refractivity contribution in [3.8, 4) is 17.4 Å². The number of methoxy groups -OCH3 is 1. The highest BCUT2D eigenvalue weighted by atomic mass is 16.5. The van der Waals surface area contributed by atoms with E-state index in [1.54, 1.807) is 49.6 Å². The number of rotatable bonds is 10. The second-order valence-electron chi connectivity index (χ2n) is 9.09. The summed E-state index contributed by atoms with van der Waals surface area (Å²) >= 11 is 0. The van der Waals surface area contributed by atoms with Gasteiger partial charge in [0.1, 0.15) is 35.2 Å². The number of fused-ring (bicyclic) bond motifs is 1. The molecule has 0 aliphatic carbocycles. The molecule has 3 aromatic carbocycles. The number of carbonyl (C=O) groups is 2. The van der Waals surface area contributed by atoms with Crippen molar-refractivity contribution < 1.29 is 24.2 Å². The van der Waals surface area contributed by atoms with Crippen LogP contribution in [0, 0.1) is 0 Å². The van der Waals surface area contributed by atoms with Crippen LogP contribution in [0.4, 0.5) is 11.4 Å². The predicted octanol–water partition coefficient (Wildman–Crippen LogP) is 1.82. The molecular weight excluding hydrogens is 506 g/mol. The topological polar surface area (TPSA) is 169 Å². The molecule has 12 heteroatoms. The van der Waals surface area contributed by atoms with E-state index < -0.39 is 34.8 Å². The summed E-state index contributed by atoms with van der Waals surface area (Å²) in [5.41, 5.74) is -0.818. The molecule has 1 aliphatic rings. The largest absolute Gasteiger partial charge is 0.497 e. The van der Waals surface area contributed by atoms with Gasteiger partial charge in [-0.2, -0.15) is 0 Å². The molecule has 1 fully saturated rings. The maximum absolute atomic E-state index is 12.4. The zero-order valence-corrected chi connectivity index (χ0v) is 20.9. The van der Waals surface area contributed by atoms with E-state index in [4.69, 9.17) is 9.47 Å². The van der Waals surface area contributed by atoms with Crippen LogP contribution in [0.1, 0.15) is 18.4 Å². The third-order valence-corrected chi connectivity index (χ3v) is 6.54. The Morgan fingerprint density at radius 3 is 2.51 bits per heavy atom. The van der Waals surface area contributed by atoms with E-state index in [0.717, 1.165) is 6.42 Å². The van der Waals surface area contributed by atoms with Crippen molar-refractivity contribution in [2.24, 2.45) is 0 Å². The Morgan fingerprint density at radius 1 is 1.08 bits per heavy atom. The normalized spacial score (nSPS) is 15.7. The van der Waals surface area contributed by atoms with Gasteiger partial charge in [-0.05, 0) is 55.3 Å². The Balaban J connectivity index is 1.28. The number of aromatic nitrogens is 2. The van der Waals surface area contributed by atoms with E-state index in [2.05, 4.69) is 25.9 Å². The standard InChI is InChI=1S/C27H25N5O7/c1-38-16-8-9-18-17(12-16)26(30-13-29-18)39-15-6-4-14(5-7-15)11-20(27(36)37)31-21-22(24(34)23(21)33)32-25(35)19-3-2-10-28-19/h4-9,12-13,19-20,28,31H,2-3,10-11H2,1H3,(H,32,35)(H,36,37)/t19-,20-/m0/s1. The lowest BCUT2D eigenvalue weighted by Crippen LogP contribution is -2.45. The van der Waals surface area contributed by atoms with Crippen molar-refractivity contribution in [2.45, 2.75) is 31.3 Å². The lowest BCUT2D eigenvalue weighted by molar-refractivity contribution is -0.137. The predicted molar refractivity (Wildman–Crippen MR) is 142 cm³/mol. The number of ether oxygens (including phenoxy) is 2. The highest BCUT2D eigenvalue weighted by molar-refractivity contribution is 5.99. The van der Waals surface area contributed by atoms with Crippen LogP contribution in [0.15, 0.2) is 58.4 Å². The lowest BCUT2D eigenvalue weighted by atomic mass is 10.0. The first kappa shape index (κ1) is 25.8. The summed E-state index contributed by atoms with van der Waals surface area (Å²) in [6, 6.07) is 10.4. The number of aliphatic carboxylic acids is 1. The van der Waals surface area contributed by atoms with Crippen LogP contribution in [0.25, 0.3) is 10.9 Å². The van der Waals surface area contributed by atoms with E-state index in [1.807, 2.05) is 0 Å². The molecule has 0 spiro atoms. The summed E-state index contributed by atoms with van der Waals surface area (Å²) in [5, 5.41) is 18.5. The van der Waals surface area contributed by atoms with Gasteiger partial charge in [0.25, 0.3) is 10.9 Å². The SMILES string of the molecule is COc1ccc2ncnc(Oc3ccc(C[C@H](Nc4c(NC(=O)[C@@H]5CCCN5)c(=O)c4=O)C(=O)O)cc3)c2c1. The molecule has 1 saturated heterocycles. The fraction of sp³-hybridized carbons (Fsp3) is 0.259. The summed E-state index contributed by atoms with van der Waals surface area (Å²) < 4.78 is 11.2. The molecule has 4 aromatic rings. The molecule has 200 valence electrons. The first-order valence-corrected chi connectivity index (χ1v) is 12.3. The van der Waals surface area contributed by atoms with Gasteiger partial charge in [0.05, 0.1) is 24.1 Å². The average molecular weight is 532 g/mol. The fourth-order valence-corrected chi connectivity index (χ4v) is 4.40. The lowest BCUT2D eigenvalue weighted by Gasteiger charge is -2.20. The second kappa shape index (κ2) is 10.9. The Labute approximate surface area is 221 Å². The Morgan fingerprint density at radius 2 is 1.82 bits per heavy atom. The molecule has 12 nitrogen and oxygen atoms in total. The van der Waals surface area contributed by atoms with Crippen LogP contribution in [-0.2, 0) is 16.0 Å². The number of hydrogen-bond donors (Lipinski definition) is 4. The number of hydrogen-bond acceptors (Lipinski definition) is 10. The van der Waals surface area contributed by atoms with E-state index >= 15 is 0 Å². The van der Waals surface area contributed by atoms with E-state index in [0.29, 0.717) is 46.8 Å². The molecule has 4 N–H and O–H groups in total. The van der Waals surface area contributed by atoms with Gasteiger partial charge in [-0.25, -0.2) is 14.8 Å². The van der Waals surface area contributed by atoms with E-state index in [9.17, 15) is 24.3 Å². The molecule has 1 aromatic heterocycles. The molecule has 0 saturated carbocycles. The third kappa shape index (κ3) is 5.41. The van der Waals surface area contributed by atoms with Gasteiger partial charge in [-0.3, -0.25) is 14.4 Å². The average Bonchev–Trinajstić information content (AvgIpc) is 3.50. The molecule has 2 atom stereocenters. The van der Waals surface area contributed by atoms with E-state index in [1.165, 1.54) is 6.33 Å². The maximum Gasteiger partial charge on any atom is 0.326 e. The van der Waals surface area contributed by atoms with Crippen LogP contribution in [0.5, 0.6) is 17.4 Å². The van der Waals surface area contributed by atoms with Gasteiger partial charge < -0.3 is 30.5 Å². The van der Waals surface area contributed by atoms with Crippen molar-refractivity contribution in [1.82, 2.24) is 15.3 Å². The molecule has 0 unspecified atom stereocenters. The zero-order valence-electron chi connectivity index (χ0n) is 20.9. The van der Waals surface area contributed by atoms with Gasteiger partial charge in [-0.15, -0.1) is 0 Å². The number of carboxylic acid groups (broad SMARTS) is 1. The Hall–Kier alpha value is -4.84. The minimum Gasteiger partial charge on any atom is -0.497 e. The Bertz CT molecular complexity index is 1610. The molecule has 39 heavy (non-hydrogen) atoms. The third-order valence-electron chi connectivity index (χ3n) is 6.54. The minimum atomic E-state index is -1.22. The number of carboxylic acids is 1. The second-order valence-corrected chi connectivity index (χ2v) is 9.09. The van der Waals surface area contributed by atoms with Crippen LogP contribution >= 0.6 is 0 Å². The van der Waals surface area contributed by atoms with Crippen molar-refractivity contribution >= 4 is 34.2 Å². The van der Waals surface area contributed by atoms with Gasteiger partial charge in [-0.1, -0.05) is 12.1 Å². The zero-order chi connectivity index (χ0) is 27.5. The summed E-state index contributed by atoms with van der Waals surface area (Å²) in [7, 11) is 1.56. The summed E-state index contributed by atoms with van der Waals surface area (Å²) in [6.07, 6.45) is 2.83. The number of nitrogens with one attached hydrogen (secondary N) is 3. The summed E-state index contributed by atoms with van der Waals surface area (Å²) in [6.45, 7) is 0.685. The highest BCUT2D eigenvalue weighted by Gasteiger charge is 2.30. The minimum absolute atomic E-state index is 0.000370. The smallest absolute Gasteiger partial charge is 0.326 e. The number of anilines is 2. The quantitative estimate of drug-likeness (QED) is 0.220. The monoisotopic (exact) mass is 531 g/mol. The van der Waals surface area contributed by atoms with Crippen molar-refractivity contribution in [3.05, 3.63) is 74.8 Å². The first-order chi connectivity index (χ1) is 18.8. The van der Waals surface area contributed by atoms with E-state index in [-0.39, 0.29) is 17.8 Å². The van der Waals surface area contributed by atoms with Crippen LogP contribution < -0.4 is 36.3 Å². The number of carbonyl (C=O) groups excluding carboxylic acids is 1. The number of amides is 1. The van der Waals surface area contributed by atoms with Crippen molar-refractivity contribution in [2.75, 3.05) is 24.3 Å². The van der Waals surface area contributed by atoms with Crippen LogP contribution in [-0.4, -0.2) is 52.7 Å². The first-order valence-electron chi connectivity index (χ1n) is 12.3. The van der Waals surface area contributed by atoms with Gasteiger partial charge in [0.2, 0.25) is 11.8 Å². The molecule has 1 amide bonds. The fourth-order valence-electron chi connectivity index (χ4n) is 4.40. The van der Waals surface area contributed by atoms with Gasteiger partial charge in [0, 0.05) is 6.42 Å². The maximum atomic E-state index is 12.4. The molecule has 0 bridgehead atoms. The summed E-state index contributed by atoms with van der Waals surface area (Å²) in [5.74, 6) is -0.224. The molecular formula is C27H25N5O7. The molecule has 5 rings (SSSR count). The van der Waals surface area contributed by atoms with Gasteiger partial charge >= 0.3 is 5.97 Å². The highest BCUT2D eigenvalue weighted by Crippen LogP contribution is 2.29.